The number of carbonyl (C=O) groups is 3. The Morgan fingerprint density at radius 3 is 2.40 bits per heavy atom. The van der Waals surface area contributed by atoms with Crippen LogP contribution in [0.5, 0.6) is 5.75 Å². The van der Waals surface area contributed by atoms with Gasteiger partial charge >= 0.3 is 22.4 Å². The first-order valence-electron chi connectivity index (χ1n) is 13.4. The van der Waals surface area contributed by atoms with Gasteiger partial charge in [-0.05, 0) is 32.3 Å². The number of rotatable bonds is 8. The molecule has 5 N–H and O–H groups in total. The van der Waals surface area contributed by atoms with E-state index < -0.39 is 58.0 Å². The number of fused-ring (bicyclic) bond motifs is 1. The van der Waals surface area contributed by atoms with Crippen molar-refractivity contribution in [2.75, 3.05) is 28.8 Å². The molecule has 2 aromatic carbocycles. The summed E-state index contributed by atoms with van der Waals surface area (Å²) in [5, 5.41) is 10.2. The van der Waals surface area contributed by atoms with Gasteiger partial charge in [-0.15, -0.1) is 0 Å². The average Bonchev–Trinajstić information content (AvgIpc) is 3.36. The fourth-order valence-electron chi connectivity index (χ4n) is 4.95. The van der Waals surface area contributed by atoms with Gasteiger partial charge in [0.2, 0.25) is 0 Å². The minimum absolute atomic E-state index is 0. The normalized spacial score (nSPS) is 17.3. The molecular weight excluding hydrogens is 585 g/mol. The van der Waals surface area contributed by atoms with Gasteiger partial charge in [0.1, 0.15) is 30.2 Å². The summed E-state index contributed by atoms with van der Waals surface area (Å²) in [4.78, 5) is 39.9. The summed E-state index contributed by atoms with van der Waals surface area (Å²) in [6.45, 7) is 8.33. The molecule has 0 radical (unpaired) electrons. The number of benzene rings is 2. The number of carboxylic acid groups (broad SMARTS) is 1. The third kappa shape index (κ3) is 7.46. The average molecular weight is 624 g/mol. The van der Waals surface area contributed by atoms with E-state index in [4.69, 9.17) is 9.47 Å². The van der Waals surface area contributed by atoms with Crippen LogP contribution in [-0.2, 0) is 32.8 Å². The number of carbonyl (C=O) groups excluding carboxylic acids is 2. The molecule has 0 spiro atoms. The topological polar surface area (TPSA) is 181 Å². The van der Waals surface area contributed by atoms with Gasteiger partial charge < -0.3 is 25.6 Å². The Morgan fingerprint density at radius 2 is 1.86 bits per heavy atom. The quantitative estimate of drug-likeness (QED) is 0.391. The lowest BCUT2D eigenvalue weighted by Gasteiger charge is -2.32. The zero-order valence-electron chi connectivity index (χ0n) is 24.8. The molecule has 1 atom stereocenters. The Labute approximate surface area is 250 Å². The van der Waals surface area contributed by atoms with Gasteiger partial charge in [0.25, 0.3) is 5.91 Å². The van der Waals surface area contributed by atoms with Crippen molar-refractivity contribution in [2.45, 2.75) is 59.3 Å². The van der Waals surface area contributed by atoms with E-state index in [-0.39, 0.29) is 55.2 Å². The zero-order chi connectivity index (χ0) is 31.0. The molecule has 0 aromatic heterocycles. The van der Waals surface area contributed by atoms with Gasteiger partial charge in [0.15, 0.2) is 5.82 Å². The van der Waals surface area contributed by atoms with Crippen LogP contribution in [0.15, 0.2) is 36.4 Å². The maximum atomic E-state index is 16.4. The third-order valence-electron chi connectivity index (χ3n) is 6.53. The number of halogens is 1. The minimum Gasteiger partial charge on any atom is -0.487 e. The molecule has 13 nitrogen and oxygen atoms in total. The van der Waals surface area contributed by atoms with Crippen LogP contribution in [0.25, 0.3) is 0 Å². The summed E-state index contributed by atoms with van der Waals surface area (Å²) < 4.78 is 55.6. The van der Waals surface area contributed by atoms with Crippen LogP contribution in [0.3, 0.4) is 0 Å². The van der Waals surface area contributed by atoms with E-state index in [2.05, 4.69) is 0 Å². The second kappa shape index (κ2) is 12.6. The van der Waals surface area contributed by atoms with Crippen molar-refractivity contribution >= 4 is 39.7 Å². The van der Waals surface area contributed by atoms with Gasteiger partial charge in [0.05, 0.1) is 11.7 Å². The van der Waals surface area contributed by atoms with Crippen LogP contribution in [0.4, 0.5) is 25.4 Å². The van der Waals surface area contributed by atoms with Gasteiger partial charge in [-0.2, -0.15) is 8.42 Å². The molecule has 0 unspecified atom stereocenters. The molecule has 2 aromatic rings. The van der Waals surface area contributed by atoms with Crippen molar-refractivity contribution < 1.29 is 41.8 Å². The van der Waals surface area contributed by atoms with Crippen molar-refractivity contribution in [1.82, 2.24) is 15.8 Å². The highest BCUT2D eigenvalue weighted by Gasteiger charge is 2.44. The molecule has 0 aliphatic carbocycles. The largest absolute Gasteiger partial charge is 0.487 e. The molecule has 0 saturated carbocycles. The SMILES string of the molecule is CC(C)CN(C[C@@H]1Cc2c(cc(OCc3ccccc3)c(N3CC(=O)NS3(=O)=O)c2F)N1C(=O)O)C(=O)OC(C)(C)C.N. The van der Waals surface area contributed by atoms with Crippen LogP contribution in [0.2, 0.25) is 0 Å². The predicted octanol–water partition coefficient (Wildman–Crippen LogP) is 4.05. The zero-order valence-corrected chi connectivity index (χ0v) is 25.6. The predicted molar refractivity (Wildman–Crippen MR) is 157 cm³/mol. The molecule has 4 rings (SSSR count). The first kappa shape index (κ1) is 33.4. The highest BCUT2D eigenvalue weighted by Crippen LogP contribution is 2.45. The van der Waals surface area contributed by atoms with Crippen molar-refractivity contribution in [3.8, 4) is 5.75 Å². The summed E-state index contributed by atoms with van der Waals surface area (Å²) in [6.07, 6.45) is -2.19. The fraction of sp³-hybridized carbons (Fsp3) is 0.464. The smallest absolute Gasteiger partial charge is 0.412 e. The first-order valence-corrected chi connectivity index (χ1v) is 14.9. The first-order chi connectivity index (χ1) is 19.6. The Hall–Kier alpha value is -4.11. The van der Waals surface area contributed by atoms with Crippen LogP contribution >= 0.6 is 0 Å². The van der Waals surface area contributed by atoms with Crippen molar-refractivity contribution in [3.05, 3.63) is 53.3 Å². The molecular formula is C28H38FN5O8S. The molecule has 2 aliphatic rings. The van der Waals surface area contributed by atoms with E-state index >= 15 is 4.39 Å². The molecule has 0 bridgehead atoms. The van der Waals surface area contributed by atoms with Gasteiger partial charge in [0, 0.05) is 31.1 Å². The van der Waals surface area contributed by atoms with E-state index in [1.807, 2.05) is 18.6 Å². The Kier molecular flexibility index (Phi) is 9.81. The molecule has 3 amide bonds. The third-order valence-corrected chi connectivity index (χ3v) is 7.91. The van der Waals surface area contributed by atoms with E-state index in [0.717, 1.165) is 4.90 Å². The second-order valence-electron chi connectivity index (χ2n) is 11.6. The fourth-order valence-corrected chi connectivity index (χ4v) is 6.11. The van der Waals surface area contributed by atoms with E-state index in [1.165, 1.54) is 11.0 Å². The van der Waals surface area contributed by atoms with Crippen molar-refractivity contribution in [3.63, 3.8) is 0 Å². The highest BCUT2D eigenvalue weighted by molar-refractivity contribution is 7.92. The summed E-state index contributed by atoms with van der Waals surface area (Å²) in [5.41, 5.74) is -0.720. The molecule has 43 heavy (non-hydrogen) atoms. The molecule has 15 heteroatoms. The van der Waals surface area contributed by atoms with Crippen LogP contribution in [0.1, 0.15) is 45.7 Å². The van der Waals surface area contributed by atoms with E-state index in [1.54, 1.807) is 51.1 Å². The Balaban J connectivity index is 0.00000506. The number of amides is 3. The highest BCUT2D eigenvalue weighted by atomic mass is 32.2. The van der Waals surface area contributed by atoms with E-state index in [9.17, 15) is 27.9 Å². The number of hydrogen-bond acceptors (Lipinski definition) is 8. The number of anilines is 2. The van der Waals surface area contributed by atoms with Crippen molar-refractivity contribution in [1.29, 1.82) is 0 Å². The van der Waals surface area contributed by atoms with Crippen LogP contribution < -0.4 is 24.8 Å². The molecule has 1 fully saturated rings. The van der Waals surface area contributed by atoms with Crippen LogP contribution in [0, 0.1) is 11.7 Å². The second-order valence-corrected chi connectivity index (χ2v) is 13.2. The molecule has 2 heterocycles. The maximum absolute atomic E-state index is 16.4. The molecule has 2 aliphatic heterocycles. The maximum Gasteiger partial charge on any atom is 0.412 e. The minimum atomic E-state index is -4.42. The number of hydrogen-bond donors (Lipinski definition) is 3. The Morgan fingerprint density at radius 1 is 1.21 bits per heavy atom. The standard InChI is InChI=1S/C28H35FN4O8S.H3N/c1-17(2)13-31(27(37)41-28(3,4)5)14-19-11-20-21(33(19)26(35)36)12-22(40-16-18-9-7-6-8-10-18)25(24(20)29)32-15-23(34)30-42(32,38)39;/h6-10,12,17,19H,11,13-16H2,1-5H3,(H,30,34)(H,35,36);1H3/t19-;/m0./s1. The Bertz CT molecular complexity index is 1480. The van der Waals surface area contributed by atoms with Gasteiger partial charge in [-0.1, -0.05) is 44.2 Å². The van der Waals surface area contributed by atoms with Crippen molar-refractivity contribution in [2.24, 2.45) is 5.92 Å². The summed E-state index contributed by atoms with van der Waals surface area (Å²) in [7, 11) is -4.42. The van der Waals surface area contributed by atoms with E-state index in [0.29, 0.717) is 9.87 Å². The van der Waals surface area contributed by atoms with Gasteiger partial charge in [-0.3, -0.25) is 9.69 Å². The summed E-state index contributed by atoms with van der Waals surface area (Å²) in [5.74, 6) is -2.12. The lowest BCUT2D eigenvalue weighted by molar-refractivity contribution is -0.117. The lowest BCUT2D eigenvalue weighted by Crippen LogP contribution is -2.48. The molecule has 1 saturated heterocycles. The van der Waals surface area contributed by atoms with Crippen LogP contribution in [-0.4, -0.2) is 67.8 Å². The lowest BCUT2D eigenvalue weighted by atomic mass is 10.1. The monoisotopic (exact) mass is 623 g/mol. The summed E-state index contributed by atoms with van der Waals surface area (Å²) in [6, 6.07) is 9.18. The summed E-state index contributed by atoms with van der Waals surface area (Å²) >= 11 is 0. The number of nitrogens with one attached hydrogen (secondary N) is 1. The van der Waals surface area contributed by atoms with Gasteiger partial charge in [-0.25, -0.2) is 23.0 Å². The molecule has 236 valence electrons. The number of nitrogens with zero attached hydrogens (tertiary/aromatic N) is 3. The number of ether oxygens (including phenoxy) is 2.